The maximum atomic E-state index is 5.49. The topological polar surface area (TPSA) is 27.7 Å². The number of rotatable bonds is 10. The molecule has 8 radical (unpaired) electrons. The molecule has 0 aliphatic carbocycles. The summed E-state index contributed by atoms with van der Waals surface area (Å²) in [6, 6.07) is 0.600. The number of unbranched alkanes of at least 4 members (excludes halogenated alkanes) is 3. The largest absolute Gasteiger partial charge is 0.500 e. The van der Waals surface area contributed by atoms with Crippen molar-refractivity contribution in [2.75, 3.05) is 19.8 Å². The second kappa shape index (κ2) is 35.9. The quantitative estimate of drug-likeness (QED) is 0.341. The van der Waals surface area contributed by atoms with Gasteiger partial charge in [0.05, 0.1) is 0 Å². The van der Waals surface area contributed by atoms with Crippen molar-refractivity contribution in [3.63, 3.8) is 0 Å². The Morgan fingerprint density at radius 2 is 0.760 bits per heavy atom. The first-order valence-corrected chi connectivity index (χ1v) is 11.5. The fourth-order valence-electron chi connectivity index (χ4n) is 1.00. The van der Waals surface area contributed by atoms with Crippen molar-refractivity contribution >= 4 is 32.7 Å². The van der Waals surface area contributed by atoms with Gasteiger partial charge in [-0.25, -0.2) is 0 Å². The maximum Gasteiger partial charge on any atom is 0.500 e. The van der Waals surface area contributed by atoms with Gasteiger partial charge in [-0.1, -0.05) is 80.1 Å². The second-order valence-electron chi connectivity index (χ2n) is 4.79. The summed E-state index contributed by atoms with van der Waals surface area (Å²) in [6.07, 6.45) is 6.83. The van der Waals surface area contributed by atoms with E-state index in [0.29, 0.717) is 25.9 Å². The van der Waals surface area contributed by atoms with E-state index in [0.717, 1.165) is 19.3 Å². The standard InChI is InChI=1S/C8H19O3Si.3C4H9.Sn/c1-5-9-12(8-4,10-6-2)11-7-3;3*1-3-4-2;/h4-8H2,1-3H3;3*1,3-4H2,2H3;. The molecule has 0 aliphatic rings. The molecule has 0 rings (SSSR count). The van der Waals surface area contributed by atoms with Crippen molar-refractivity contribution in [2.45, 2.75) is 86.1 Å². The molecule has 0 heterocycles. The summed E-state index contributed by atoms with van der Waals surface area (Å²) in [6.45, 7) is 28.7. The predicted octanol–water partition coefficient (Wildman–Crippen LogP) is 6.35. The minimum atomic E-state index is -2.38. The average Bonchev–Trinajstić information content (AvgIpc) is 2.62. The van der Waals surface area contributed by atoms with Gasteiger partial charge < -0.3 is 13.3 Å². The Bertz CT molecular complexity index is 152. The minimum absolute atomic E-state index is 0. The second-order valence-corrected chi connectivity index (χ2v) is 7.52. The third kappa shape index (κ3) is 36.6. The molecule has 25 heavy (non-hydrogen) atoms. The van der Waals surface area contributed by atoms with E-state index < -0.39 is 8.80 Å². The fourth-order valence-corrected chi connectivity index (χ4v) is 3.00. The summed E-state index contributed by atoms with van der Waals surface area (Å²) in [5.41, 5.74) is 0. The maximum absolute atomic E-state index is 5.49. The van der Waals surface area contributed by atoms with E-state index in [-0.39, 0.29) is 23.9 Å². The Kier molecular flexibility index (Phi) is 52.8. The van der Waals surface area contributed by atoms with Gasteiger partial charge in [0.25, 0.3) is 0 Å². The molecule has 0 aliphatic heterocycles. The molecule has 0 amide bonds. The zero-order valence-corrected chi connectivity index (χ0v) is 22.0. The summed E-state index contributed by atoms with van der Waals surface area (Å²) in [7, 11) is -2.38. The van der Waals surface area contributed by atoms with Gasteiger partial charge in [0.1, 0.15) is 0 Å². The van der Waals surface area contributed by atoms with Crippen LogP contribution in [0.1, 0.15) is 80.1 Å². The first kappa shape index (κ1) is 36.8. The molecule has 152 valence electrons. The SMILES string of the molecule is [CH2]CCC.[CH2]CCC.[CH2]CCC.[CH2]C[Si](OCC)(OCC)OCC.[Sn]. The fraction of sp³-hybridized carbons (Fsp3) is 0.800. The van der Waals surface area contributed by atoms with Crippen LogP contribution >= 0.6 is 0 Å². The molecule has 0 aromatic heterocycles. The van der Waals surface area contributed by atoms with E-state index in [9.17, 15) is 0 Å². The van der Waals surface area contributed by atoms with Crippen LogP contribution < -0.4 is 0 Å². The van der Waals surface area contributed by atoms with Crippen molar-refractivity contribution in [3.8, 4) is 0 Å². The summed E-state index contributed by atoms with van der Waals surface area (Å²) in [4.78, 5) is 0. The Morgan fingerprint density at radius 3 is 0.840 bits per heavy atom. The van der Waals surface area contributed by atoms with Crippen LogP contribution in [0.2, 0.25) is 6.04 Å². The van der Waals surface area contributed by atoms with Gasteiger partial charge in [-0.2, -0.15) is 0 Å². The van der Waals surface area contributed by atoms with E-state index in [2.05, 4.69) is 48.5 Å². The van der Waals surface area contributed by atoms with E-state index in [1.165, 1.54) is 19.3 Å². The van der Waals surface area contributed by atoms with Crippen LogP contribution in [0.25, 0.3) is 0 Å². The summed E-state index contributed by atoms with van der Waals surface area (Å²) < 4.78 is 16.5. The van der Waals surface area contributed by atoms with Crippen LogP contribution in [-0.2, 0) is 13.3 Å². The van der Waals surface area contributed by atoms with Crippen molar-refractivity contribution in [3.05, 3.63) is 27.7 Å². The van der Waals surface area contributed by atoms with E-state index in [1.807, 2.05) is 20.8 Å². The smallest absolute Gasteiger partial charge is 0.374 e. The first-order valence-electron chi connectivity index (χ1n) is 9.57. The van der Waals surface area contributed by atoms with E-state index >= 15 is 0 Å². The summed E-state index contributed by atoms with van der Waals surface area (Å²) >= 11 is 0. The Balaban J connectivity index is -0.0000000850. The third-order valence-corrected chi connectivity index (χ3v) is 5.26. The molecule has 0 N–H and O–H groups in total. The molecule has 0 bridgehead atoms. The van der Waals surface area contributed by atoms with Crippen LogP contribution in [0.5, 0.6) is 0 Å². The Hall–Kier alpha value is 0.896. The summed E-state index contributed by atoms with van der Waals surface area (Å²) in [5, 5.41) is 0. The van der Waals surface area contributed by atoms with Crippen LogP contribution in [-0.4, -0.2) is 52.5 Å². The predicted molar refractivity (Wildman–Crippen MR) is 117 cm³/mol. The molecule has 0 fully saturated rings. The third-order valence-electron chi connectivity index (χ3n) is 2.46. The molecular formula is C20H46O3SiSn. The Labute approximate surface area is 179 Å². The minimum Gasteiger partial charge on any atom is -0.374 e. The van der Waals surface area contributed by atoms with Crippen molar-refractivity contribution < 1.29 is 13.3 Å². The van der Waals surface area contributed by atoms with Gasteiger partial charge in [-0.05, 0) is 27.7 Å². The zero-order valence-electron chi connectivity index (χ0n) is 18.1. The molecule has 0 saturated heterocycles. The van der Waals surface area contributed by atoms with Crippen LogP contribution in [0.4, 0.5) is 0 Å². The molecular weight excluding hydrogens is 435 g/mol. The van der Waals surface area contributed by atoms with Gasteiger partial charge in [0.2, 0.25) is 0 Å². The van der Waals surface area contributed by atoms with E-state index in [1.54, 1.807) is 0 Å². The van der Waals surface area contributed by atoms with Crippen molar-refractivity contribution in [1.29, 1.82) is 0 Å². The number of hydrogen-bond donors (Lipinski definition) is 0. The molecule has 0 spiro atoms. The number of hydrogen-bond acceptors (Lipinski definition) is 3. The van der Waals surface area contributed by atoms with Crippen LogP contribution in [0, 0.1) is 27.7 Å². The molecule has 0 unspecified atom stereocenters. The van der Waals surface area contributed by atoms with Crippen LogP contribution in [0.15, 0.2) is 0 Å². The monoisotopic (exact) mass is 482 g/mol. The first-order chi connectivity index (χ1) is 11.5. The summed E-state index contributed by atoms with van der Waals surface area (Å²) in [5.74, 6) is 0. The average molecular weight is 481 g/mol. The molecule has 0 aromatic carbocycles. The van der Waals surface area contributed by atoms with Crippen molar-refractivity contribution in [2.24, 2.45) is 0 Å². The van der Waals surface area contributed by atoms with Gasteiger partial charge in [0.15, 0.2) is 0 Å². The molecule has 5 heteroatoms. The van der Waals surface area contributed by atoms with Crippen LogP contribution in [0.3, 0.4) is 0 Å². The molecule has 0 aromatic rings. The zero-order chi connectivity index (χ0) is 19.7. The molecule has 0 atom stereocenters. The van der Waals surface area contributed by atoms with Gasteiger partial charge in [0, 0.05) is 49.8 Å². The van der Waals surface area contributed by atoms with E-state index in [4.69, 9.17) is 13.3 Å². The molecule has 3 nitrogen and oxygen atoms in total. The van der Waals surface area contributed by atoms with Gasteiger partial charge in [-0.3, -0.25) is 0 Å². The normalized spacial score (nSPS) is 9.36. The van der Waals surface area contributed by atoms with Crippen molar-refractivity contribution in [1.82, 2.24) is 0 Å². The Morgan fingerprint density at radius 1 is 0.560 bits per heavy atom. The van der Waals surface area contributed by atoms with Gasteiger partial charge >= 0.3 is 8.80 Å². The van der Waals surface area contributed by atoms with Gasteiger partial charge in [-0.15, -0.1) is 0 Å². The molecule has 0 saturated carbocycles.